The van der Waals surface area contributed by atoms with Crippen molar-refractivity contribution in [2.24, 2.45) is 11.7 Å². The molecule has 1 aliphatic rings. The van der Waals surface area contributed by atoms with Crippen LogP contribution in [-0.4, -0.2) is 24.0 Å². The first-order valence-corrected chi connectivity index (χ1v) is 7.55. The number of aryl methyl sites for hydroxylation is 2. The fourth-order valence-electron chi connectivity index (χ4n) is 3.42. The highest BCUT2D eigenvalue weighted by Gasteiger charge is 2.29. The Balaban J connectivity index is 2.27. The summed E-state index contributed by atoms with van der Waals surface area (Å²) in [6.45, 7) is 10.9. The summed E-state index contributed by atoms with van der Waals surface area (Å²) in [6, 6.07) is 7.86. The molecule has 1 aliphatic heterocycles. The number of hydrogen-bond donors (Lipinski definition) is 1. The standard InChI is InChI=1S/C17H28N2/c1-12-5-6-15(4)19(11-12)17(10-18)16-8-13(2)7-14(3)9-16/h7-9,12,15,17H,5-6,10-11,18H2,1-4H3. The van der Waals surface area contributed by atoms with Crippen molar-refractivity contribution in [1.82, 2.24) is 4.90 Å². The summed E-state index contributed by atoms with van der Waals surface area (Å²) in [4.78, 5) is 2.61. The summed E-state index contributed by atoms with van der Waals surface area (Å²) < 4.78 is 0. The molecule has 2 nitrogen and oxygen atoms in total. The van der Waals surface area contributed by atoms with Crippen LogP contribution in [0.5, 0.6) is 0 Å². The minimum atomic E-state index is 0.372. The van der Waals surface area contributed by atoms with Crippen LogP contribution in [-0.2, 0) is 0 Å². The Bertz CT molecular complexity index is 407. The zero-order chi connectivity index (χ0) is 14.0. The van der Waals surface area contributed by atoms with Gasteiger partial charge in [-0.1, -0.05) is 36.2 Å². The molecule has 2 N–H and O–H groups in total. The average Bonchev–Trinajstić information content (AvgIpc) is 2.33. The van der Waals surface area contributed by atoms with Crippen LogP contribution in [0, 0.1) is 19.8 Å². The first kappa shape index (κ1) is 14.5. The van der Waals surface area contributed by atoms with Crippen LogP contribution in [0.3, 0.4) is 0 Å². The molecule has 0 amide bonds. The van der Waals surface area contributed by atoms with E-state index in [4.69, 9.17) is 5.73 Å². The molecule has 1 aromatic rings. The van der Waals surface area contributed by atoms with Gasteiger partial charge in [0.2, 0.25) is 0 Å². The highest BCUT2D eigenvalue weighted by Crippen LogP contribution is 2.31. The quantitative estimate of drug-likeness (QED) is 0.902. The van der Waals surface area contributed by atoms with Crippen molar-refractivity contribution >= 4 is 0 Å². The molecule has 1 fully saturated rings. The molecule has 3 atom stereocenters. The van der Waals surface area contributed by atoms with Gasteiger partial charge < -0.3 is 5.73 Å². The molecule has 0 saturated carbocycles. The maximum atomic E-state index is 6.10. The van der Waals surface area contributed by atoms with E-state index in [0.29, 0.717) is 18.6 Å². The van der Waals surface area contributed by atoms with E-state index in [1.807, 2.05) is 0 Å². The number of likely N-dealkylation sites (tertiary alicyclic amines) is 1. The van der Waals surface area contributed by atoms with Crippen molar-refractivity contribution in [3.8, 4) is 0 Å². The van der Waals surface area contributed by atoms with E-state index in [2.05, 4.69) is 50.8 Å². The molecule has 1 saturated heterocycles. The van der Waals surface area contributed by atoms with E-state index in [-0.39, 0.29) is 0 Å². The van der Waals surface area contributed by atoms with E-state index in [1.54, 1.807) is 0 Å². The Morgan fingerprint density at radius 1 is 1.16 bits per heavy atom. The SMILES string of the molecule is Cc1cc(C)cc(C(CN)N2CC(C)CCC2C)c1. The lowest BCUT2D eigenvalue weighted by atomic mass is 9.91. The molecule has 2 rings (SSSR count). The van der Waals surface area contributed by atoms with E-state index >= 15 is 0 Å². The second kappa shape index (κ2) is 6.06. The maximum Gasteiger partial charge on any atom is 0.0473 e. The minimum Gasteiger partial charge on any atom is -0.329 e. The third kappa shape index (κ3) is 3.37. The molecule has 2 heteroatoms. The Kier molecular flexibility index (Phi) is 4.64. The van der Waals surface area contributed by atoms with Crippen molar-refractivity contribution in [2.75, 3.05) is 13.1 Å². The molecule has 0 radical (unpaired) electrons. The number of hydrogen-bond acceptors (Lipinski definition) is 2. The average molecular weight is 260 g/mol. The number of nitrogens with two attached hydrogens (primary N) is 1. The molecule has 0 aliphatic carbocycles. The van der Waals surface area contributed by atoms with Crippen molar-refractivity contribution in [1.29, 1.82) is 0 Å². The number of piperidine rings is 1. The third-order valence-electron chi connectivity index (χ3n) is 4.42. The minimum absolute atomic E-state index is 0.372. The van der Waals surface area contributed by atoms with Gasteiger partial charge in [-0.2, -0.15) is 0 Å². The molecule has 0 bridgehead atoms. The molecule has 3 unspecified atom stereocenters. The first-order valence-electron chi connectivity index (χ1n) is 7.55. The van der Waals surface area contributed by atoms with Crippen molar-refractivity contribution in [3.05, 3.63) is 34.9 Å². The fourth-order valence-corrected chi connectivity index (χ4v) is 3.42. The summed E-state index contributed by atoms with van der Waals surface area (Å²) in [7, 11) is 0. The van der Waals surface area contributed by atoms with Crippen molar-refractivity contribution in [3.63, 3.8) is 0 Å². The largest absolute Gasteiger partial charge is 0.329 e. The molecule has 0 spiro atoms. The second-order valence-corrected chi connectivity index (χ2v) is 6.40. The Hall–Kier alpha value is -0.860. The summed E-state index contributed by atoms with van der Waals surface area (Å²) in [6.07, 6.45) is 2.64. The highest BCUT2D eigenvalue weighted by molar-refractivity contribution is 5.31. The lowest BCUT2D eigenvalue weighted by Crippen LogP contribution is -2.45. The van der Waals surface area contributed by atoms with Crippen molar-refractivity contribution < 1.29 is 0 Å². The van der Waals surface area contributed by atoms with Crippen LogP contribution in [0.4, 0.5) is 0 Å². The highest BCUT2D eigenvalue weighted by atomic mass is 15.2. The monoisotopic (exact) mass is 260 g/mol. The van der Waals surface area contributed by atoms with Gasteiger partial charge in [-0.3, -0.25) is 4.90 Å². The molecular formula is C17H28N2. The maximum absolute atomic E-state index is 6.10. The van der Waals surface area contributed by atoms with Crippen LogP contribution in [0.25, 0.3) is 0 Å². The van der Waals surface area contributed by atoms with Crippen LogP contribution < -0.4 is 5.73 Å². The van der Waals surface area contributed by atoms with Crippen LogP contribution in [0.15, 0.2) is 18.2 Å². The van der Waals surface area contributed by atoms with Crippen LogP contribution in [0.1, 0.15) is 49.4 Å². The van der Waals surface area contributed by atoms with Gasteiger partial charge in [0.25, 0.3) is 0 Å². The molecule has 106 valence electrons. The Morgan fingerprint density at radius 2 is 1.79 bits per heavy atom. The van der Waals surface area contributed by atoms with E-state index in [9.17, 15) is 0 Å². The molecule has 0 aromatic heterocycles. The predicted molar refractivity (Wildman–Crippen MR) is 82.3 cm³/mol. The zero-order valence-corrected chi connectivity index (χ0v) is 12.8. The smallest absolute Gasteiger partial charge is 0.0473 e. The molecule has 1 heterocycles. The lowest BCUT2D eigenvalue weighted by molar-refractivity contribution is 0.0798. The fraction of sp³-hybridized carbons (Fsp3) is 0.647. The third-order valence-corrected chi connectivity index (χ3v) is 4.42. The van der Waals surface area contributed by atoms with Gasteiger partial charge >= 0.3 is 0 Å². The number of nitrogens with zero attached hydrogens (tertiary/aromatic N) is 1. The first-order chi connectivity index (χ1) is 9.01. The summed E-state index contributed by atoms with van der Waals surface area (Å²) >= 11 is 0. The van der Waals surface area contributed by atoms with Crippen molar-refractivity contribution in [2.45, 2.75) is 52.6 Å². The normalized spacial score (nSPS) is 26.4. The van der Waals surface area contributed by atoms with Gasteiger partial charge in [-0.15, -0.1) is 0 Å². The van der Waals surface area contributed by atoms with Gasteiger partial charge in [0.05, 0.1) is 0 Å². The number of rotatable bonds is 3. The Labute approximate surface area is 118 Å². The van der Waals surface area contributed by atoms with E-state index < -0.39 is 0 Å². The van der Waals surface area contributed by atoms with Gasteiger partial charge in [0.1, 0.15) is 0 Å². The van der Waals surface area contributed by atoms with Crippen LogP contribution >= 0.6 is 0 Å². The second-order valence-electron chi connectivity index (χ2n) is 6.40. The van der Waals surface area contributed by atoms with Crippen LogP contribution in [0.2, 0.25) is 0 Å². The van der Waals surface area contributed by atoms with E-state index in [1.165, 1.54) is 36.1 Å². The van der Waals surface area contributed by atoms with Gasteiger partial charge in [0, 0.05) is 25.2 Å². The van der Waals surface area contributed by atoms with Gasteiger partial charge in [0.15, 0.2) is 0 Å². The summed E-state index contributed by atoms with van der Waals surface area (Å²) in [5.74, 6) is 0.788. The Morgan fingerprint density at radius 3 is 2.37 bits per heavy atom. The zero-order valence-electron chi connectivity index (χ0n) is 12.8. The topological polar surface area (TPSA) is 29.3 Å². The molecule has 19 heavy (non-hydrogen) atoms. The lowest BCUT2D eigenvalue weighted by Gasteiger charge is -2.42. The predicted octanol–water partition coefficient (Wildman–Crippen LogP) is 3.42. The van der Waals surface area contributed by atoms with Gasteiger partial charge in [-0.25, -0.2) is 0 Å². The summed E-state index contributed by atoms with van der Waals surface area (Å²) in [5.41, 5.74) is 10.2. The van der Waals surface area contributed by atoms with E-state index in [0.717, 1.165) is 5.92 Å². The van der Waals surface area contributed by atoms with Gasteiger partial charge in [-0.05, 0) is 45.1 Å². The number of benzene rings is 1. The summed E-state index contributed by atoms with van der Waals surface area (Å²) in [5, 5.41) is 0. The molecule has 1 aromatic carbocycles. The molecular weight excluding hydrogens is 232 g/mol.